The lowest BCUT2D eigenvalue weighted by atomic mass is 10.4. The molecule has 0 aromatic heterocycles. The van der Waals surface area contributed by atoms with E-state index >= 15 is 0 Å². The van der Waals surface area contributed by atoms with Crippen LogP contribution in [-0.4, -0.2) is 87.2 Å². The Labute approximate surface area is 128 Å². The van der Waals surface area contributed by atoms with Crippen LogP contribution < -0.4 is 10.6 Å². The molecule has 0 aromatic carbocycles. The molecule has 20 heavy (non-hydrogen) atoms. The van der Waals surface area contributed by atoms with Crippen molar-refractivity contribution in [3.05, 3.63) is 0 Å². The van der Waals surface area contributed by atoms with Crippen LogP contribution in [0.15, 0.2) is 4.99 Å². The van der Waals surface area contributed by atoms with E-state index in [4.69, 9.17) is 0 Å². The van der Waals surface area contributed by atoms with Gasteiger partial charge in [-0.25, -0.2) is 0 Å². The predicted molar refractivity (Wildman–Crippen MR) is 90.9 cm³/mol. The van der Waals surface area contributed by atoms with E-state index in [0.717, 1.165) is 37.9 Å². The van der Waals surface area contributed by atoms with Crippen LogP contribution in [0, 0.1) is 0 Å². The minimum Gasteiger partial charge on any atom is -0.357 e. The zero-order valence-electron chi connectivity index (χ0n) is 13.3. The van der Waals surface area contributed by atoms with Gasteiger partial charge < -0.3 is 20.4 Å². The molecule has 0 atom stereocenters. The largest absolute Gasteiger partial charge is 0.357 e. The summed E-state index contributed by atoms with van der Waals surface area (Å²) in [6.07, 6.45) is 3.40. The van der Waals surface area contributed by atoms with E-state index in [1.165, 1.54) is 32.6 Å². The van der Waals surface area contributed by atoms with Crippen LogP contribution in [0.25, 0.3) is 0 Å². The van der Waals surface area contributed by atoms with Crippen molar-refractivity contribution in [2.24, 2.45) is 4.99 Å². The molecule has 2 N–H and O–H groups in total. The fourth-order valence-corrected chi connectivity index (χ4v) is 2.55. The molecule has 1 aliphatic heterocycles. The third-order valence-corrected chi connectivity index (χ3v) is 4.05. The van der Waals surface area contributed by atoms with Crippen LogP contribution in [0.5, 0.6) is 0 Å². The molecule has 1 rings (SSSR count). The highest BCUT2D eigenvalue weighted by atomic mass is 32.2. The summed E-state index contributed by atoms with van der Waals surface area (Å²) in [4.78, 5) is 9.60. The van der Waals surface area contributed by atoms with Gasteiger partial charge in [-0.05, 0) is 39.7 Å². The number of thioether (sulfide) groups is 1. The van der Waals surface area contributed by atoms with Gasteiger partial charge in [-0.2, -0.15) is 11.8 Å². The standard InChI is InChI=1S/C14H31N5S/c1-4-15-14(17-7-13-20-3)16-6-10-19-9-5-8-18(2)11-12-19/h4-13H2,1-3H3,(H2,15,16,17). The molecule has 0 amide bonds. The Balaban J connectivity index is 2.27. The average molecular weight is 302 g/mol. The van der Waals surface area contributed by atoms with Crippen molar-refractivity contribution >= 4 is 17.7 Å². The molecule has 5 nitrogen and oxygen atoms in total. The third-order valence-electron chi connectivity index (χ3n) is 3.44. The van der Waals surface area contributed by atoms with Crippen LogP contribution in [0.3, 0.4) is 0 Å². The van der Waals surface area contributed by atoms with E-state index in [1.54, 1.807) is 0 Å². The van der Waals surface area contributed by atoms with Crippen LogP contribution in [-0.2, 0) is 0 Å². The Bertz CT molecular complexity index is 272. The topological polar surface area (TPSA) is 42.9 Å². The maximum atomic E-state index is 4.66. The summed E-state index contributed by atoms with van der Waals surface area (Å²) in [7, 11) is 2.21. The average Bonchev–Trinajstić information content (AvgIpc) is 2.64. The van der Waals surface area contributed by atoms with Gasteiger partial charge in [-0.15, -0.1) is 0 Å². The van der Waals surface area contributed by atoms with Crippen molar-refractivity contribution < 1.29 is 0 Å². The molecule has 0 aliphatic carbocycles. The summed E-state index contributed by atoms with van der Waals surface area (Å²) >= 11 is 1.85. The molecule has 1 heterocycles. The van der Waals surface area contributed by atoms with E-state index in [2.05, 4.69) is 45.7 Å². The van der Waals surface area contributed by atoms with Crippen molar-refractivity contribution in [3.63, 3.8) is 0 Å². The van der Waals surface area contributed by atoms with Gasteiger partial charge in [0.05, 0.1) is 6.54 Å². The molecule has 0 radical (unpaired) electrons. The maximum absolute atomic E-state index is 4.66. The van der Waals surface area contributed by atoms with Gasteiger partial charge in [0.25, 0.3) is 0 Å². The number of nitrogens with zero attached hydrogens (tertiary/aromatic N) is 3. The second-order valence-corrected chi connectivity index (χ2v) is 6.16. The van der Waals surface area contributed by atoms with E-state index in [-0.39, 0.29) is 0 Å². The van der Waals surface area contributed by atoms with E-state index in [0.29, 0.717) is 0 Å². The van der Waals surface area contributed by atoms with E-state index in [9.17, 15) is 0 Å². The van der Waals surface area contributed by atoms with Crippen LogP contribution in [0.1, 0.15) is 13.3 Å². The van der Waals surface area contributed by atoms with Crippen LogP contribution in [0.4, 0.5) is 0 Å². The lowest BCUT2D eigenvalue weighted by Crippen LogP contribution is -2.39. The SMILES string of the molecule is CCNC(=NCCN1CCCN(C)CC1)NCCSC. The predicted octanol–water partition coefficient (Wildman–Crippen LogP) is 0.542. The number of guanidine groups is 1. The first-order valence-electron chi connectivity index (χ1n) is 7.68. The smallest absolute Gasteiger partial charge is 0.191 e. The number of likely N-dealkylation sites (N-methyl/N-ethyl adjacent to an activating group) is 1. The number of nitrogens with one attached hydrogen (secondary N) is 2. The number of hydrogen-bond donors (Lipinski definition) is 2. The van der Waals surface area contributed by atoms with Gasteiger partial charge in [-0.3, -0.25) is 4.99 Å². The summed E-state index contributed by atoms with van der Waals surface area (Å²) in [5.41, 5.74) is 0. The molecule has 0 bridgehead atoms. The molecule has 118 valence electrons. The first-order valence-corrected chi connectivity index (χ1v) is 9.07. The number of hydrogen-bond acceptors (Lipinski definition) is 4. The van der Waals surface area contributed by atoms with Crippen LogP contribution >= 0.6 is 11.8 Å². The molecule has 1 fully saturated rings. The second kappa shape index (κ2) is 11.2. The molecule has 1 aliphatic rings. The molecular weight excluding hydrogens is 270 g/mol. The van der Waals surface area contributed by atoms with E-state index in [1.807, 2.05) is 11.8 Å². The van der Waals surface area contributed by atoms with Gasteiger partial charge in [0.15, 0.2) is 5.96 Å². The van der Waals surface area contributed by atoms with Crippen molar-refractivity contribution in [2.75, 3.05) is 71.4 Å². The first kappa shape index (κ1) is 17.6. The lowest BCUT2D eigenvalue weighted by Gasteiger charge is -2.19. The normalized spacial score (nSPS) is 18.9. The van der Waals surface area contributed by atoms with Crippen molar-refractivity contribution in [1.82, 2.24) is 20.4 Å². The number of rotatable bonds is 7. The summed E-state index contributed by atoms with van der Waals surface area (Å²) in [6.45, 7) is 10.7. The Hall–Kier alpha value is -0.460. The summed E-state index contributed by atoms with van der Waals surface area (Å²) in [5.74, 6) is 2.07. The zero-order valence-corrected chi connectivity index (χ0v) is 14.1. The zero-order chi connectivity index (χ0) is 14.6. The Morgan fingerprint density at radius 2 is 2.05 bits per heavy atom. The highest BCUT2D eigenvalue weighted by molar-refractivity contribution is 7.98. The molecule has 1 saturated heterocycles. The van der Waals surface area contributed by atoms with E-state index < -0.39 is 0 Å². The fourth-order valence-electron chi connectivity index (χ4n) is 2.24. The fraction of sp³-hybridized carbons (Fsp3) is 0.929. The summed E-state index contributed by atoms with van der Waals surface area (Å²) in [6, 6.07) is 0. The maximum Gasteiger partial charge on any atom is 0.191 e. The van der Waals surface area contributed by atoms with Gasteiger partial charge in [0, 0.05) is 38.5 Å². The second-order valence-electron chi connectivity index (χ2n) is 5.18. The highest BCUT2D eigenvalue weighted by Gasteiger charge is 2.11. The Morgan fingerprint density at radius 3 is 2.80 bits per heavy atom. The summed E-state index contributed by atoms with van der Waals surface area (Å²) in [5, 5.41) is 6.67. The molecule has 0 aromatic rings. The van der Waals surface area contributed by atoms with Crippen molar-refractivity contribution in [3.8, 4) is 0 Å². The first-order chi connectivity index (χ1) is 9.76. The number of aliphatic imine (C=N–C) groups is 1. The Kier molecular flexibility index (Phi) is 9.87. The van der Waals surface area contributed by atoms with Gasteiger partial charge in [0.2, 0.25) is 0 Å². The summed E-state index contributed by atoms with van der Waals surface area (Å²) < 4.78 is 0. The van der Waals surface area contributed by atoms with Gasteiger partial charge in [0.1, 0.15) is 0 Å². The van der Waals surface area contributed by atoms with Crippen molar-refractivity contribution in [2.45, 2.75) is 13.3 Å². The molecule has 0 spiro atoms. The van der Waals surface area contributed by atoms with Gasteiger partial charge >= 0.3 is 0 Å². The minimum absolute atomic E-state index is 0.873. The van der Waals surface area contributed by atoms with Gasteiger partial charge in [-0.1, -0.05) is 0 Å². The molecule has 0 saturated carbocycles. The molecule has 6 heteroatoms. The third kappa shape index (κ3) is 7.97. The Morgan fingerprint density at radius 1 is 1.20 bits per heavy atom. The highest BCUT2D eigenvalue weighted by Crippen LogP contribution is 2.00. The minimum atomic E-state index is 0.873. The lowest BCUT2D eigenvalue weighted by molar-refractivity contribution is 0.283. The quantitative estimate of drug-likeness (QED) is 0.408. The van der Waals surface area contributed by atoms with Crippen LogP contribution in [0.2, 0.25) is 0 Å². The van der Waals surface area contributed by atoms with Crippen molar-refractivity contribution in [1.29, 1.82) is 0 Å². The molecule has 0 unspecified atom stereocenters. The monoisotopic (exact) mass is 301 g/mol. The molecular formula is C14H31N5S.